The summed E-state index contributed by atoms with van der Waals surface area (Å²) in [7, 11) is 0. The molecule has 0 bridgehead atoms. The number of carbonyl (C=O) groups is 1. The normalized spacial score (nSPS) is 12.3. The van der Waals surface area contributed by atoms with E-state index in [2.05, 4.69) is 4.98 Å². The van der Waals surface area contributed by atoms with Crippen molar-refractivity contribution in [2.75, 3.05) is 0 Å². The second kappa shape index (κ2) is 5.75. The lowest BCUT2D eigenvalue weighted by Crippen LogP contribution is -2.16. The summed E-state index contributed by atoms with van der Waals surface area (Å²) in [5, 5.41) is 8.64. The fraction of sp³-hybridized carbons (Fsp3) is 0.286. The van der Waals surface area contributed by atoms with Crippen LogP contribution in [-0.4, -0.2) is 20.6 Å². The lowest BCUT2D eigenvalue weighted by Gasteiger charge is -2.12. The van der Waals surface area contributed by atoms with E-state index in [0.29, 0.717) is 6.42 Å². The lowest BCUT2D eigenvalue weighted by molar-refractivity contribution is -0.137. The van der Waals surface area contributed by atoms with Crippen LogP contribution in [0.3, 0.4) is 0 Å². The summed E-state index contributed by atoms with van der Waals surface area (Å²) in [6.45, 7) is 1.84. The third-order valence-corrected chi connectivity index (χ3v) is 3.21. The first-order valence-electron chi connectivity index (χ1n) is 6.34. The molecule has 106 valence electrons. The van der Waals surface area contributed by atoms with E-state index in [1.807, 2.05) is 19.1 Å². The molecule has 6 heteroatoms. The van der Waals surface area contributed by atoms with Gasteiger partial charge in [-0.2, -0.15) is 0 Å². The first-order chi connectivity index (χ1) is 9.49. The van der Waals surface area contributed by atoms with Gasteiger partial charge in [-0.05, 0) is 31.0 Å². The summed E-state index contributed by atoms with van der Waals surface area (Å²) in [4.78, 5) is 24.8. The van der Waals surface area contributed by atoms with Gasteiger partial charge in [-0.1, -0.05) is 12.1 Å². The number of nitrogens with zero attached hydrogens (tertiary/aromatic N) is 1. The third-order valence-electron chi connectivity index (χ3n) is 3.21. The van der Waals surface area contributed by atoms with Crippen LogP contribution < -0.4 is 11.4 Å². The Morgan fingerprint density at radius 3 is 2.55 bits per heavy atom. The van der Waals surface area contributed by atoms with E-state index in [-0.39, 0.29) is 18.2 Å². The maximum Gasteiger partial charge on any atom is 0.330 e. The van der Waals surface area contributed by atoms with E-state index in [0.717, 1.165) is 16.9 Å². The number of nitrogens with two attached hydrogens (primary N) is 1. The highest BCUT2D eigenvalue weighted by molar-refractivity contribution is 5.66. The van der Waals surface area contributed by atoms with Crippen LogP contribution >= 0.6 is 0 Å². The molecular weight excluding hydrogens is 258 g/mol. The van der Waals surface area contributed by atoms with Crippen LogP contribution in [0.5, 0.6) is 0 Å². The average Bonchev–Trinajstić information content (AvgIpc) is 2.76. The van der Waals surface area contributed by atoms with Gasteiger partial charge in [-0.3, -0.25) is 9.36 Å². The largest absolute Gasteiger partial charge is 0.481 e. The van der Waals surface area contributed by atoms with Gasteiger partial charge in [0.1, 0.15) is 0 Å². The van der Waals surface area contributed by atoms with E-state index in [4.69, 9.17) is 10.8 Å². The SMILES string of the molecule is Cc1c[nH]c(=O)n1-c1ccc(C(N)CCC(=O)O)cc1. The van der Waals surface area contributed by atoms with Gasteiger partial charge in [0.25, 0.3) is 0 Å². The number of nitrogens with one attached hydrogen (secondary N) is 1. The summed E-state index contributed by atoms with van der Waals surface area (Å²) in [6.07, 6.45) is 2.08. The molecule has 20 heavy (non-hydrogen) atoms. The molecule has 1 aromatic heterocycles. The minimum absolute atomic E-state index is 0.0410. The molecule has 0 aliphatic carbocycles. The molecule has 2 aromatic rings. The van der Waals surface area contributed by atoms with Gasteiger partial charge in [-0.25, -0.2) is 4.79 Å². The molecule has 6 nitrogen and oxygen atoms in total. The van der Waals surface area contributed by atoms with Crippen LogP contribution in [0.25, 0.3) is 5.69 Å². The van der Waals surface area contributed by atoms with Crippen molar-refractivity contribution in [1.29, 1.82) is 0 Å². The first kappa shape index (κ1) is 14.1. The Morgan fingerprint density at radius 1 is 1.40 bits per heavy atom. The molecule has 0 saturated heterocycles. The Balaban J connectivity index is 2.18. The van der Waals surface area contributed by atoms with E-state index < -0.39 is 5.97 Å². The second-order valence-electron chi connectivity index (χ2n) is 4.70. The van der Waals surface area contributed by atoms with E-state index in [1.54, 1.807) is 22.9 Å². The van der Waals surface area contributed by atoms with Crippen LogP contribution in [0.1, 0.15) is 30.1 Å². The van der Waals surface area contributed by atoms with Gasteiger partial charge in [0, 0.05) is 24.4 Å². The summed E-state index contributed by atoms with van der Waals surface area (Å²) >= 11 is 0. The molecule has 1 aromatic carbocycles. The fourth-order valence-electron chi connectivity index (χ4n) is 2.09. The van der Waals surface area contributed by atoms with Crippen molar-refractivity contribution in [3.8, 4) is 5.69 Å². The molecule has 0 amide bonds. The van der Waals surface area contributed by atoms with Crippen molar-refractivity contribution in [3.63, 3.8) is 0 Å². The highest BCUT2D eigenvalue weighted by Gasteiger charge is 2.10. The highest BCUT2D eigenvalue weighted by atomic mass is 16.4. The number of carboxylic acid groups (broad SMARTS) is 1. The van der Waals surface area contributed by atoms with Crippen molar-refractivity contribution in [3.05, 3.63) is 52.2 Å². The van der Waals surface area contributed by atoms with Gasteiger partial charge < -0.3 is 15.8 Å². The van der Waals surface area contributed by atoms with Gasteiger partial charge in [0.05, 0.1) is 5.69 Å². The maximum absolute atomic E-state index is 11.7. The molecular formula is C14H17N3O3. The molecule has 0 aliphatic heterocycles. The van der Waals surface area contributed by atoms with Crippen molar-refractivity contribution in [2.24, 2.45) is 5.73 Å². The van der Waals surface area contributed by atoms with Crippen LogP contribution in [0.4, 0.5) is 0 Å². The summed E-state index contributed by atoms with van der Waals surface area (Å²) in [5.74, 6) is -0.855. The molecule has 0 aliphatic rings. The van der Waals surface area contributed by atoms with Crippen LogP contribution in [0, 0.1) is 6.92 Å². The summed E-state index contributed by atoms with van der Waals surface area (Å²) < 4.78 is 1.56. The number of rotatable bonds is 5. The summed E-state index contributed by atoms with van der Waals surface area (Å²) in [5.41, 5.74) is 8.17. The van der Waals surface area contributed by atoms with Crippen molar-refractivity contribution < 1.29 is 9.90 Å². The number of aromatic amines is 1. The van der Waals surface area contributed by atoms with Crippen molar-refractivity contribution >= 4 is 5.97 Å². The smallest absolute Gasteiger partial charge is 0.330 e. The van der Waals surface area contributed by atoms with Crippen LogP contribution in [-0.2, 0) is 4.79 Å². The number of imidazole rings is 1. The Hall–Kier alpha value is -2.34. The Labute approximate surface area is 115 Å². The standard InChI is InChI=1S/C14H17N3O3/c1-9-8-16-14(20)17(9)11-4-2-10(3-5-11)12(15)6-7-13(18)19/h2-5,8,12H,6-7,15H2,1H3,(H,16,20)(H,18,19). The highest BCUT2D eigenvalue weighted by Crippen LogP contribution is 2.18. The van der Waals surface area contributed by atoms with Crippen LogP contribution in [0.2, 0.25) is 0 Å². The minimum Gasteiger partial charge on any atom is -0.481 e. The van der Waals surface area contributed by atoms with Gasteiger partial charge in [0.15, 0.2) is 0 Å². The number of aryl methyl sites for hydroxylation is 1. The zero-order valence-corrected chi connectivity index (χ0v) is 11.2. The van der Waals surface area contributed by atoms with Crippen LogP contribution in [0.15, 0.2) is 35.3 Å². The molecule has 0 radical (unpaired) electrons. The van der Waals surface area contributed by atoms with E-state index in [9.17, 15) is 9.59 Å². The first-order valence-corrected chi connectivity index (χ1v) is 6.34. The second-order valence-corrected chi connectivity index (χ2v) is 4.70. The third kappa shape index (κ3) is 2.97. The van der Waals surface area contributed by atoms with E-state index in [1.165, 1.54) is 0 Å². The number of carboxylic acids is 1. The Morgan fingerprint density at radius 2 is 2.05 bits per heavy atom. The fourth-order valence-corrected chi connectivity index (χ4v) is 2.09. The Bertz CT molecular complexity index is 655. The number of benzene rings is 1. The van der Waals surface area contributed by atoms with Crippen molar-refractivity contribution in [1.82, 2.24) is 9.55 Å². The van der Waals surface area contributed by atoms with Crippen molar-refractivity contribution in [2.45, 2.75) is 25.8 Å². The average molecular weight is 275 g/mol. The van der Waals surface area contributed by atoms with E-state index >= 15 is 0 Å². The lowest BCUT2D eigenvalue weighted by atomic mass is 10.0. The number of aromatic nitrogens is 2. The predicted octanol–water partition coefficient (Wildman–Crippen LogP) is 1.34. The summed E-state index contributed by atoms with van der Waals surface area (Å²) in [6, 6.07) is 6.93. The number of H-pyrrole nitrogens is 1. The predicted molar refractivity (Wildman–Crippen MR) is 74.9 cm³/mol. The Kier molecular flexibility index (Phi) is 4.05. The molecule has 4 N–H and O–H groups in total. The monoisotopic (exact) mass is 275 g/mol. The maximum atomic E-state index is 11.7. The molecule has 0 spiro atoms. The minimum atomic E-state index is -0.855. The molecule has 2 rings (SSSR count). The topological polar surface area (TPSA) is 101 Å². The molecule has 0 saturated carbocycles. The number of hydrogen-bond donors (Lipinski definition) is 3. The number of aliphatic carboxylic acids is 1. The molecule has 1 heterocycles. The zero-order chi connectivity index (χ0) is 14.7. The molecule has 1 atom stereocenters. The quantitative estimate of drug-likeness (QED) is 0.766. The van der Waals surface area contributed by atoms with Gasteiger partial charge in [-0.15, -0.1) is 0 Å². The van der Waals surface area contributed by atoms with Gasteiger partial charge >= 0.3 is 11.7 Å². The molecule has 0 fully saturated rings. The number of hydrogen-bond acceptors (Lipinski definition) is 3. The molecule has 1 unspecified atom stereocenters. The zero-order valence-electron chi connectivity index (χ0n) is 11.2. The van der Waals surface area contributed by atoms with Gasteiger partial charge in [0.2, 0.25) is 0 Å².